The number of hydrogen-bond donors (Lipinski definition) is 2. The van der Waals surface area contributed by atoms with Crippen molar-refractivity contribution in [1.82, 2.24) is 25.3 Å². The van der Waals surface area contributed by atoms with Crippen LogP contribution in [-0.4, -0.2) is 52.2 Å². The highest BCUT2D eigenvalue weighted by atomic mass is 16.5. The highest BCUT2D eigenvalue weighted by Crippen LogP contribution is 2.20. The van der Waals surface area contributed by atoms with E-state index in [9.17, 15) is 4.79 Å². The smallest absolute Gasteiger partial charge is 0.317 e. The lowest BCUT2D eigenvalue weighted by Crippen LogP contribution is -2.45. The minimum absolute atomic E-state index is 0.0280. The van der Waals surface area contributed by atoms with E-state index in [0.717, 1.165) is 56.8 Å². The zero-order valence-electron chi connectivity index (χ0n) is 15.1. The van der Waals surface area contributed by atoms with Crippen LogP contribution < -0.4 is 10.6 Å². The third kappa shape index (κ3) is 5.44. The minimum atomic E-state index is 0.0280. The summed E-state index contributed by atoms with van der Waals surface area (Å²) in [6.45, 7) is 4.82. The van der Waals surface area contributed by atoms with E-state index in [0.29, 0.717) is 18.4 Å². The van der Waals surface area contributed by atoms with Gasteiger partial charge >= 0.3 is 6.03 Å². The van der Waals surface area contributed by atoms with E-state index in [1.807, 2.05) is 17.0 Å². The Hall–Kier alpha value is -2.64. The van der Waals surface area contributed by atoms with E-state index >= 15 is 0 Å². The third-order valence-electron chi connectivity index (χ3n) is 4.56. The number of likely N-dealkylation sites (tertiary alicyclic amines) is 1. The number of anilines is 1. The summed E-state index contributed by atoms with van der Waals surface area (Å²) in [7, 11) is 0. The summed E-state index contributed by atoms with van der Waals surface area (Å²) in [6, 6.07) is 3.90. The summed E-state index contributed by atoms with van der Waals surface area (Å²) in [5.41, 5.74) is 0.998. The molecule has 2 amide bonds. The molecule has 3 rings (SSSR count). The van der Waals surface area contributed by atoms with Gasteiger partial charge in [0.15, 0.2) is 5.82 Å². The fourth-order valence-corrected chi connectivity index (χ4v) is 3.12. The van der Waals surface area contributed by atoms with E-state index < -0.39 is 0 Å². The quantitative estimate of drug-likeness (QED) is 0.737. The summed E-state index contributed by atoms with van der Waals surface area (Å²) in [5, 5.41) is 10.2. The number of amides is 2. The molecule has 0 aliphatic carbocycles. The van der Waals surface area contributed by atoms with Crippen LogP contribution in [0, 0.1) is 12.8 Å². The number of aryl methyl sites for hydroxylation is 1. The largest absolute Gasteiger partial charge is 0.384 e. The maximum atomic E-state index is 12.2. The van der Waals surface area contributed by atoms with Gasteiger partial charge in [0.2, 0.25) is 5.89 Å². The average molecular weight is 358 g/mol. The van der Waals surface area contributed by atoms with Crippen LogP contribution >= 0.6 is 0 Å². The first-order valence-corrected chi connectivity index (χ1v) is 9.16. The van der Waals surface area contributed by atoms with Gasteiger partial charge in [-0.2, -0.15) is 4.98 Å². The summed E-state index contributed by atoms with van der Waals surface area (Å²) < 4.78 is 5.01. The topological polar surface area (TPSA) is 96.2 Å². The van der Waals surface area contributed by atoms with Crippen LogP contribution in [0.4, 0.5) is 10.5 Å². The molecule has 2 aromatic rings. The molecule has 0 spiro atoms. The van der Waals surface area contributed by atoms with Crippen LogP contribution in [0.25, 0.3) is 0 Å². The third-order valence-corrected chi connectivity index (χ3v) is 4.56. The number of nitrogens with one attached hydrogen (secondary N) is 2. The van der Waals surface area contributed by atoms with Crippen molar-refractivity contribution in [3.8, 4) is 0 Å². The number of aromatic nitrogens is 3. The van der Waals surface area contributed by atoms with Crippen molar-refractivity contribution >= 4 is 11.7 Å². The number of carbonyl (C=O) groups is 1. The molecule has 1 aliphatic rings. The van der Waals surface area contributed by atoms with Gasteiger partial charge in [0.25, 0.3) is 0 Å². The first-order chi connectivity index (χ1) is 12.7. The number of nitrogens with zero attached hydrogens (tertiary/aromatic N) is 4. The lowest BCUT2D eigenvalue weighted by molar-refractivity contribution is 0.169. The fourth-order valence-electron chi connectivity index (χ4n) is 3.12. The lowest BCUT2D eigenvalue weighted by Gasteiger charge is -2.31. The molecule has 3 heterocycles. The highest BCUT2D eigenvalue weighted by Gasteiger charge is 2.23. The fraction of sp³-hybridized carbons (Fsp3) is 0.556. The second-order valence-corrected chi connectivity index (χ2v) is 6.62. The first-order valence-electron chi connectivity index (χ1n) is 9.16. The minimum Gasteiger partial charge on any atom is -0.384 e. The molecule has 1 aliphatic heterocycles. The Morgan fingerprint density at radius 3 is 2.88 bits per heavy atom. The van der Waals surface area contributed by atoms with E-state index in [4.69, 9.17) is 4.52 Å². The van der Waals surface area contributed by atoms with Crippen molar-refractivity contribution in [1.29, 1.82) is 0 Å². The van der Waals surface area contributed by atoms with Crippen LogP contribution in [0.1, 0.15) is 31.0 Å². The Morgan fingerprint density at radius 2 is 2.19 bits per heavy atom. The molecule has 0 unspecified atom stereocenters. The van der Waals surface area contributed by atoms with Crippen LogP contribution in [-0.2, 0) is 6.42 Å². The van der Waals surface area contributed by atoms with E-state index in [-0.39, 0.29) is 6.03 Å². The Bertz CT molecular complexity index is 682. The second kappa shape index (κ2) is 9.17. The molecule has 0 saturated carbocycles. The average Bonchev–Trinajstić information content (AvgIpc) is 3.07. The molecule has 0 radical (unpaired) electrons. The molecular formula is C18H26N6O2. The molecular weight excluding hydrogens is 332 g/mol. The molecule has 1 fully saturated rings. The molecule has 8 heteroatoms. The Morgan fingerprint density at radius 1 is 1.35 bits per heavy atom. The summed E-state index contributed by atoms with van der Waals surface area (Å²) in [4.78, 5) is 22.5. The van der Waals surface area contributed by atoms with Gasteiger partial charge in [-0.25, -0.2) is 4.79 Å². The van der Waals surface area contributed by atoms with Gasteiger partial charge in [0, 0.05) is 51.9 Å². The van der Waals surface area contributed by atoms with E-state index in [1.54, 1.807) is 19.3 Å². The lowest BCUT2D eigenvalue weighted by atomic mass is 9.93. The molecule has 8 nitrogen and oxygen atoms in total. The number of carbonyl (C=O) groups excluding carboxylic acids is 1. The van der Waals surface area contributed by atoms with Gasteiger partial charge in [-0.3, -0.25) is 4.98 Å². The second-order valence-electron chi connectivity index (χ2n) is 6.62. The Balaban J connectivity index is 1.28. The molecule has 1 saturated heterocycles. The van der Waals surface area contributed by atoms with E-state index in [1.165, 1.54) is 0 Å². The molecule has 26 heavy (non-hydrogen) atoms. The normalized spacial score (nSPS) is 15.0. The highest BCUT2D eigenvalue weighted by molar-refractivity contribution is 5.74. The molecule has 2 N–H and O–H groups in total. The number of pyridine rings is 1. The predicted molar refractivity (Wildman–Crippen MR) is 97.8 cm³/mol. The maximum absolute atomic E-state index is 12.2. The van der Waals surface area contributed by atoms with Crippen LogP contribution in [0.3, 0.4) is 0 Å². The summed E-state index contributed by atoms with van der Waals surface area (Å²) >= 11 is 0. The van der Waals surface area contributed by atoms with Crippen LogP contribution in [0.2, 0.25) is 0 Å². The van der Waals surface area contributed by atoms with Crippen molar-refractivity contribution in [3.63, 3.8) is 0 Å². The van der Waals surface area contributed by atoms with Gasteiger partial charge in [-0.15, -0.1) is 0 Å². The number of piperidine rings is 1. The molecule has 140 valence electrons. The molecule has 0 atom stereocenters. The van der Waals surface area contributed by atoms with Crippen molar-refractivity contribution in [2.75, 3.05) is 31.5 Å². The zero-order chi connectivity index (χ0) is 18.2. The first kappa shape index (κ1) is 18.2. The monoisotopic (exact) mass is 358 g/mol. The predicted octanol–water partition coefficient (Wildman–Crippen LogP) is 2.24. The molecule has 2 aromatic heterocycles. The van der Waals surface area contributed by atoms with Crippen LogP contribution in [0.5, 0.6) is 0 Å². The SMILES string of the molecule is Cc1nc(CC2CCN(C(=O)NCCCNc3cccnc3)CC2)no1. The molecule has 0 bridgehead atoms. The Kier molecular flexibility index (Phi) is 6.40. The van der Waals surface area contributed by atoms with Gasteiger partial charge in [-0.05, 0) is 37.3 Å². The number of hydrogen-bond acceptors (Lipinski definition) is 6. The standard InChI is InChI=1S/C18H26N6O2/c1-14-22-17(23-26-14)12-15-5-10-24(11-6-15)18(25)21-9-3-8-20-16-4-2-7-19-13-16/h2,4,7,13,15,20H,3,5-6,8-12H2,1H3,(H,21,25). The van der Waals surface area contributed by atoms with E-state index in [2.05, 4.69) is 25.8 Å². The van der Waals surface area contributed by atoms with Crippen molar-refractivity contribution in [2.24, 2.45) is 5.92 Å². The van der Waals surface area contributed by atoms with Crippen molar-refractivity contribution in [3.05, 3.63) is 36.2 Å². The van der Waals surface area contributed by atoms with Gasteiger partial charge in [0.1, 0.15) is 0 Å². The number of urea groups is 1. The summed E-state index contributed by atoms with van der Waals surface area (Å²) in [6.07, 6.45) is 7.19. The van der Waals surface area contributed by atoms with Gasteiger partial charge in [-0.1, -0.05) is 5.16 Å². The Labute approximate surface area is 153 Å². The number of rotatable bonds is 7. The zero-order valence-corrected chi connectivity index (χ0v) is 15.1. The van der Waals surface area contributed by atoms with Crippen molar-refractivity contribution in [2.45, 2.75) is 32.6 Å². The molecule has 0 aromatic carbocycles. The van der Waals surface area contributed by atoms with Crippen molar-refractivity contribution < 1.29 is 9.32 Å². The summed E-state index contributed by atoms with van der Waals surface area (Å²) in [5.74, 6) is 1.89. The van der Waals surface area contributed by atoms with Gasteiger partial charge < -0.3 is 20.1 Å². The maximum Gasteiger partial charge on any atom is 0.317 e. The van der Waals surface area contributed by atoms with Crippen LogP contribution in [0.15, 0.2) is 29.0 Å². The van der Waals surface area contributed by atoms with Gasteiger partial charge in [0.05, 0.1) is 5.69 Å².